The molecule has 2 N–H and O–H groups in total. The summed E-state index contributed by atoms with van der Waals surface area (Å²) in [5, 5.41) is 8.52. The van der Waals surface area contributed by atoms with Crippen molar-refractivity contribution in [3.63, 3.8) is 0 Å². The predicted octanol–water partition coefficient (Wildman–Crippen LogP) is 3.44. The number of rotatable bonds is 5. The Morgan fingerprint density at radius 1 is 1.17 bits per heavy atom. The zero-order valence-electron chi connectivity index (χ0n) is 10.2. The first-order chi connectivity index (χ1) is 8.70. The lowest BCUT2D eigenvalue weighted by atomic mass is 10.1. The highest BCUT2D eigenvalue weighted by atomic mass is 32.2. The summed E-state index contributed by atoms with van der Waals surface area (Å²) in [6, 6.07) is 10.4. The van der Waals surface area contributed by atoms with Crippen molar-refractivity contribution in [1.82, 2.24) is 10.2 Å². The molecule has 0 saturated carbocycles. The molecule has 0 bridgehead atoms. The van der Waals surface area contributed by atoms with Crippen LogP contribution in [0.2, 0.25) is 0 Å². The molecule has 18 heavy (non-hydrogen) atoms. The molecule has 0 fully saturated rings. The van der Waals surface area contributed by atoms with Crippen molar-refractivity contribution in [3.05, 3.63) is 35.9 Å². The summed E-state index contributed by atoms with van der Waals surface area (Å²) in [6.45, 7) is 2.03. The fraction of sp³-hybridized carbons (Fsp3) is 0.333. The number of hydrogen-bond donors (Lipinski definition) is 1. The molecule has 0 radical (unpaired) electrons. The Kier molecular flexibility index (Phi) is 5.05. The van der Waals surface area contributed by atoms with Crippen LogP contribution in [0.25, 0.3) is 0 Å². The summed E-state index contributed by atoms with van der Waals surface area (Å²) in [7, 11) is 0. The molecule has 1 aromatic carbocycles. The van der Waals surface area contributed by atoms with Gasteiger partial charge in [0.1, 0.15) is 0 Å². The van der Waals surface area contributed by atoms with E-state index in [2.05, 4.69) is 22.3 Å². The molecule has 1 aromatic heterocycles. The monoisotopic (exact) mass is 297 g/mol. The van der Waals surface area contributed by atoms with Crippen LogP contribution >= 0.6 is 34.9 Å². The Hall–Kier alpha value is -0.560. The van der Waals surface area contributed by atoms with Crippen molar-refractivity contribution in [1.29, 1.82) is 0 Å². The molecule has 96 valence electrons. The Balaban J connectivity index is 2.17. The molecular weight excluding hydrogens is 282 g/mol. The number of nitrogens with two attached hydrogens (primary N) is 1. The molecule has 0 aliphatic carbocycles. The van der Waals surface area contributed by atoms with Gasteiger partial charge in [-0.3, -0.25) is 0 Å². The zero-order chi connectivity index (χ0) is 13.0. The van der Waals surface area contributed by atoms with E-state index >= 15 is 0 Å². The summed E-state index contributed by atoms with van der Waals surface area (Å²) in [4.78, 5) is 0. The Morgan fingerprint density at radius 2 is 1.83 bits per heavy atom. The van der Waals surface area contributed by atoms with Crippen LogP contribution in [0.15, 0.2) is 39.0 Å². The van der Waals surface area contributed by atoms with E-state index in [1.54, 1.807) is 34.9 Å². The minimum atomic E-state index is 0.0685. The molecule has 2 rings (SSSR count). The number of aromatic nitrogens is 2. The summed E-state index contributed by atoms with van der Waals surface area (Å²) in [5.74, 6) is 0. The lowest BCUT2D eigenvalue weighted by molar-refractivity contribution is 0.720. The Bertz CT molecular complexity index is 484. The van der Waals surface area contributed by atoms with Crippen LogP contribution in [0.3, 0.4) is 0 Å². The third kappa shape index (κ3) is 3.47. The van der Waals surface area contributed by atoms with Gasteiger partial charge in [0, 0.05) is 6.04 Å². The third-order valence-corrected chi connectivity index (χ3v) is 5.87. The summed E-state index contributed by atoms with van der Waals surface area (Å²) in [5.41, 5.74) is 7.32. The van der Waals surface area contributed by atoms with Crippen LogP contribution in [-0.4, -0.2) is 22.5 Å². The molecule has 0 amide bonds. The van der Waals surface area contributed by atoms with E-state index in [-0.39, 0.29) is 11.3 Å². The average Bonchev–Trinajstić information content (AvgIpc) is 2.84. The lowest BCUT2D eigenvalue weighted by Crippen LogP contribution is -2.22. The summed E-state index contributed by atoms with van der Waals surface area (Å²) in [6.07, 6.45) is 2.01. The van der Waals surface area contributed by atoms with Gasteiger partial charge in [0.15, 0.2) is 8.68 Å². The van der Waals surface area contributed by atoms with Gasteiger partial charge in [-0.2, -0.15) is 0 Å². The number of benzene rings is 1. The normalized spacial score (nSPS) is 14.4. The van der Waals surface area contributed by atoms with E-state index < -0.39 is 0 Å². The van der Waals surface area contributed by atoms with E-state index in [1.807, 2.05) is 31.4 Å². The minimum Gasteiger partial charge on any atom is -0.327 e. The Morgan fingerprint density at radius 3 is 2.39 bits per heavy atom. The van der Waals surface area contributed by atoms with E-state index in [9.17, 15) is 0 Å². The van der Waals surface area contributed by atoms with Crippen LogP contribution in [0.1, 0.15) is 17.7 Å². The van der Waals surface area contributed by atoms with E-state index in [0.29, 0.717) is 0 Å². The molecule has 3 nitrogen and oxygen atoms in total. The van der Waals surface area contributed by atoms with E-state index in [4.69, 9.17) is 5.73 Å². The van der Waals surface area contributed by atoms with Gasteiger partial charge in [-0.1, -0.05) is 65.2 Å². The molecule has 2 unspecified atom stereocenters. The van der Waals surface area contributed by atoms with E-state index in [1.165, 1.54) is 5.56 Å². The second kappa shape index (κ2) is 6.56. The molecule has 1 heterocycles. The standard InChI is InChI=1S/C12H15N3S3/c1-8(13)10(9-6-4-3-5-7-9)17-12-15-14-11(16-2)18-12/h3-8,10H,13H2,1-2H3. The van der Waals surface area contributed by atoms with Gasteiger partial charge in [-0.15, -0.1) is 10.2 Å². The quantitative estimate of drug-likeness (QED) is 0.857. The maximum Gasteiger partial charge on any atom is 0.175 e. The van der Waals surface area contributed by atoms with Crippen molar-refractivity contribution in [2.24, 2.45) is 5.73 Å². The second-order valence-corrected chi connectivity index (χ2v) is 7.27. The first kappa shape index (κ1) is 13.9. The van der Waals surface area contributed by atoms with Crippen LogP contribution in [-0.2, 0) is 0 Å². The van der Waals surface area contributed by atoms with Gasteiger partial charge < -0.3 is 5.73 Å². The number of thioether (sulfide) groups is 2. The van der Waals surface area contributed by atoms with Gasteiger partial charge in [-0.25, -0.2) is 0 Å². The Labute approximate surface area is 120 Å². The minimum absolute atomic E-state index is 0.0685. The molecule has 2 atom stereocenters. The van der Waals surface area contributed by atoms with Crippen LogP contribution < -0.4 is 5.73 Å². The lowest BCUT2D eigenvalue weighted by Gasteiger charge is -2.19. The molecule has 0 aliphatic heterocycles. The number of nitrogens with zero attached hydrogens (tertiary/aromatic N) is 2. The van der Waals surface area contributed by atoms with Gasteiger partial charge in [-0.05, 0) is 18.7 Å². The van der Waals surface area contributed by atoms with Crippen molar-refractivity contribution in [2.75, 3.05) is 6.26 Å². The van der Waals surface area contributed by atoms with Crippen LogP contribution in [0, 0.1) is 0 Å². The largest absolute Gasteiger partial charge is 0.327 e. The van der Waals surface area contributed by atoms with Crippen molar-refractivity contribution in [2.45, 2.75) is 26.9 Å². The van der Waals surface area contributed by atoms with Crippen molar-refractivity contribution < 1.29 is 0 Å². The van der Waals surface area contributed by atoms with Gasteiger partial charge in [0.05, 0.1) is 5.25 Å². The summed E-state index contributed by atoms with van der Waals surface area (Å²) < 4.78 is 1.97. The second-order valence-electron chi connectivity index (χ2n) is 3.85. The molecular formula is C12H15N3S3. The maximum absolute atomic E-state index is 6.09. The zero-order valence-corrected chi connectivity index (χ0v) is 12.7. The third-order valence-electron chi connectivity index (χ3n) is 2.40. The van der Waals surface area contributed by atoms with E-state index in [0.717, 1.165) is 8.68 Å². The maximum atomic E-state index is 6.09. The summed E-state index contributed by atoms with van der Waals surface area (Å²) >= 11 is 4.94. The van der Waals surface area contributed by atoms with Crippen LogP contribution in [0.5, 0.6) is 0 Å². The highest BCUT2D eigenvalue weighted by Crippen LogP contribution is 2.39. The van der Waals surface area contributed by atoms with Gasteiger partial charge in [0.25, 0.3) is 0 Å². The molecule has 0 saturated heterocycles. The first-order valence-corrected chi connectivity index (χ1v) is 8.47. The first-order valence-electron chi connectivity index (χ1n) is 5.55. The van der Waals surface area contributed by atoms with Crippen molar-refractivity contribution >= 4 is 34.9 Å². The molecule has 2 aromatic rings. The van der Waals surface area contributed by atoms with Crippen LogP contribution in [0.4, 0.5) is 0 Å². The SMILES string of the molecule is CSc1nnc(SC(c2ccccc2)C(C)N)s1. The highest BCUT2D eigenvalue weighted by molar-refractivity contribution is 8.03. The number of hydrogen-bond acceptors (Lipinski definition) is 6. The fourth-order valence-corrected chi connectivity index (χ4v) is 4.27. The molecule has 0 aliphatic rings. The van der Waals surface area contributed by atoms with Gasteiger partial charge >= 0.3 is 0 Å². The average molecular weight is 297 g/mol. The smallest absolute Gasteiger partial charge is 0.175 e. The highest BCUT2D eigenvalue weighted by Gasteiger charge is 2.19. The fourth-order valence-electron chi connectivity index (χ4n) is 1.56. The molecule has 0 spiro atoms. The molecule has 6 heteroatoms. The topological polar surface area (TPSA) is 51.8 Å². The van der Waals surface area contributed by atoms with Crippen molar-refractivity contribution in [3.8, 4) is 0 Å². The van der Waals surface area contributed by atoms with Gasteiger partial charge in [0.2, 0.25) is 0 Å². The predicted molar refractivity (Wildman–Crippen MR) is 80.4 cm³/mol.